The van der Waals surface area contributed by atoms with E-state index in [4.69, 9.17) is 0 Å². The van der Waals surface area contributed by atoms with Crippen molar-refractivity contribution in [3.8, 4) is 5.75 Å². The Morgan fingerprint density at radius 3 is 2.70 bits per heavy atom. The molecule has 10 heavy (non-hydrogen) atoms. The molecule has 1 radical (unpaired) electrons. The van der Waals surface area contributed by atoms with E-state index < -0.39 is 0 Å². The monoisotopic (exact) mass is 153 g/mol. The van der Waals surface area contributed by atoms with Crippen LogP contribution in [0, 0.1) is 5.75 Å². The Balaban J connectivity index is 2.81. The SMILES string of the molecule is C[CH]Sc1ccccc1O. The first kappa shape index (κ1) is 7.48. The molecule has 0 aliphatic heterocycles. The van der Waals surface area contributed by atoms with Crippen molar-refractivity contribution in [2.75, 3.05) is 0 Å². The van der Waals surface area contributed by atoms with Gasteiger partial charge in [-0.3, -0.25) is 0 Å². The molecule has 1 nitrogen and oxygen atoms in total. The smallest absolute Gasteiger partial charge is 0.129 e. The number of phenols is 1. The summed E-state index contributed by atoms with van der Waals surface area (Å²) in [5.74, 6) is 2.29. The van der Waals surface area contributed by atoms with E-state index in [1.807, 2.05) is 30.9 Å². The minimum Gasteiger partial charge on any atom is -0.507 e. The summed E-state index contributed by atoms with van der Waals surface area (Å²) in [7, 11) is 0. The lowest BCUT2D eigenvalue weighted by Crippen LogP contribution is -1.69. The second-order valence-electron chi connectivity index (χ2n) is 1.82. The van der Waals surface area contributed by atoms with Crippen LogP contribution in [0.1, 0.15) is 6.92 Å². The molecule has 0 spiro atoms. The molecule has 0 aromatic heterocycles. The van der Waals surface area contributed by atoms with E-state index in [1.165, 1.54) is 11.8 Å². The first-order valence-electron chi connectivity index (χ1n) is 3.07. The Morgan fingerprint density at radius 1 is 1.40 bits per heavy atom. The molecule has 0 unspecified atom stereocenters. The van der Waals surface area contributed by atoms with Crippen LogP contribution < -0.4 is 0 Å². The Labute approximate surface area is 65.1 Å². The van der Waals surface area contributed by atoms with E-state index in [0.29, 0.717) is 5.75 Å². The van der Waals surface area contributed by atoms with Gasteiger partial charge >= 0.3 is 0 Å². The van der Waals surface area contributed by atoms with Crippen LogP contribution in [0.5, 0.6) is 5.75 Å². The Kier molecular flexibility index (Phi) is 2.63. The largest absolute Gasteiger partial charge is 0.507 e. The van der Waals surface area contributed by atoms with Crippen LogP contribution in [-0.2, 0) is 0 Å². The zero-order valence-electron chi connectivity index (χ0n) is 5.74. The number of benzene rings is 1. The summed E-state index contributed by atoms with van der Waals surface area (Å²) in [5.41, 5.74) is 0. The maximum Gasteiger partial charge on any atom is 0.129 e. The lowest BCUT2D eigenvalue weighted by Gasteiger charge is -1.98. The van der Waals surface area contributed by atoms with Crippen molar-refractivity contribution in [3.63, 3.8) is 0 Å². The van der Waals surface area contributed by atoms with Crippen molar-refractivity contribution in [3.05, 3.63) is 30.0 Å². The lowest BCUT2D eigenvalue weighted by atomic mass is 10.3. The third kappa shape index (κ3) is 1.67. The fraction of sp³-hybridized carbons (Fsp3) is 0.125. The average Bonchev–Trinajstić information content (AvgIpc) is 1.94. The molecule has 0 aliphatic rings. The highest BCUT2D eigenvalue weighted by Crippen LogP contribution is 2.28. The van der Waals surface area contributed by atoms with Crippen LogP contribution in [-0.4, -0.2) is 5.11 Å². The van der Waals surface area contributed by atoms with E-state index in [9.17, 15) is 5.11 Å². The van der Waals surface area contributed by atoms with Crippen molar-refractivity contribution >= 4 is 11.8 Å². The zero-order valence-corrected chi connectivity index (χ0v) is 6.56. The molecule has 0 fully saturated rings. The van der Waals surface area contributed by atoms with E-state index in [1.54, 1.807) is 6.07 Å². The van der Waals surface area contributed by atoms with Crippen molar-refractivity contribution in [1.29, 1.82) is 0 Å². The van der Waals surface area contributed by atoms with Crippen molar-refractivity contribution in [2.45, 2.75) is 11.8 Å². The first-order chi connectivity index (χ1) is 4.84. The van der Waals surface area contributed by atoms with Gasteiger partial charge in [0.2, 0.25) is 0 Å². The van der Waals surface area contributed by atoms with Gasteiger partial charge in [-0.05, 0) is 12.1 Å². The highest BCUT2D eigenvalue weighted by Gasteiger charge is 1.96. The van der Waals surface area contributed by atoms with E-state index in [2.05, 4.69) is 0 Å². The van der Waals surface area contributed by atoms with E-state index in [-0.39, 0.29) is 0 Å². The predicted octanol–water partition coefficient (Wildman–Crippen LogP) is 2.67. The Morgan fingerprint density at radius 2 is 2.10 bits per heavy atom. The van der Waals surface area contributed by atoms with Crippen LogP contribution in [0.15, 0.2) is 29.2 Å². The quantitative estimate of drug-likeness (QED) is 0.659. The minimum absolute atomic E-state index is 0.352. The third-order valence-electron chi connectivity index (χ3n) is 1.11. The van der Waals surface area contributed by atoms with Gasteiger partial charge in [-0.25, -0.2) is 0 Å². The zero-order chi connectivity index (χ0) is 7.40. The maximum absolute atomic E-state index is 9.20. The standard InChI is InChI=1S/C8H9OS/c1-2-10-8-6-4-3-5-7(8)9/h2-6,9H,1H3. The number of aromatic hydroxyl groups is 1. The van der Waals surface area contributed by atoms with Crippen LogP contribution in [0.2, 0.25) is 0 Å². The summed E-state index contributed by atoms with van der Waals surface area (Å²) in [6, 6.07) is 7.30. The molecule has 1 aromatic rings. The summed E-state index contributed by atoms with van der Waals surface area (Å²) >= 11 is 1.53. The van der Waals surface area contributed by atoms with Crippen LogP contribution in [0.25, 0.3) is 0 Å². The van der Waals surface area contributed by atoms with Crippen molar-refractivity contribution in [2.24, 2.45) is 0 Å². The van der Waals surface area contributed by atoms with Crippen LogP contribution in [0.4, 0.5) is 0 Å². The summed E-state index contributed by atoms with van der Waals surface area (Å²) in [6.07, 6.45) is 0. The van der Waals surface area contributed by atoms with Gasteiger partial charge in [0.15, 0.2) is 0 Å². The summed E-state index contributed by atoms with van der Waals surface area (Å²) < 4.78 is 0. The van der Waals surface area contributed by atoms with Gasteiger partial charge in [-0.2, -0.15) is 0 Å². The molecule has 2 heteroatoms. The number of para-hydroxylation sites is 1. The molecular weight excluding hydrogens is 144 g/mol. The fourth-order valence-corrected chi connectivity index (χ4v) is 1.28. The molecule has 53 valence electrons. The fourth-order valence-electron chi connectivity index (χ4n) is 0.684. The number of phenolic OH excluding ortho intramolecular Hbond substituents is 1. The first-order valence-corrected chi connectivity index (χ1v) is 3.95. The van der Waals surface area contributed by atoms with Crippen molar-refractivity contribution in [1.82, 2.24) is 0 Å². The summed E-state index contributed by atoms with van der Waals surface area (Å²) in [5, 5.41) is 9.20. The number of rotatable bonds is 2. The van der Waals surface area contributed by atoms with Gasteiger partial charge < -0.3 is 5.11 Å². The molecule has 1 aromatic carbocycles. The molecule has 0 saturated heterocycles. The molecule has 0 heterocycles. The summed E-state index contributed by atoms with van der Waals surface area (Å²) in [6.45, 7) is 1.94. The number of hydrogen-bond acceptors (Lipinski definition) is 2. The van der Waals surface area contributed by atoms with Gasteiger partial charge in [0.05, 0.1) is 0 Å². The van der Waals surface area contributed by atoms with E-state index >= 15 is 0 Å². The molecule has 0 bridgehead atoms. The van der Waals surface area contributed by atoms with Gasteiger partial charge in [0.1, 0.15) is 5.75 Å². The van der Waals surface area contributed by atoms with Crippen LogP contribution in [0.3, 0.4) is 0 Å². The lowest BCUT2D eigenvalue weighted by molar-refractivity contribution is 0.462. The highest BCUT2D eigenvalue weighted by molar-refractivity contribution is 8.01. The van der Waals surface area contributed by atoms with Gasteiger partial charge in [0.25, 0.3) is 0 Å². The Bertz CT molecular complexity index is 210. The highest BCUT2D eigenvalue weighted by atomic mass is 32.2. The predicted molar refractivity (Wildman–Crippen MR) is 43.9 cm³/mol. The van der Waals surface area contributed by atoms with Gasteiger partial charge in [0, 0.05) is 10.6 Å². The maximum atomic E-state index is 9.20. The normalized spacial score (nSPS) is 9.70. The van der Waals surface area contributed by atoms with Gasteiger partial charge in [-0.1, -0.05) is 19.1 Å². The second kappa shape index (κ2) is 3.52. The molecular formula is C8H9OS. The molecule has 0 atom stereocenters. The molecule has 0 saturated carbocycles. The summed E-state index contributed by atoms with van der Waals surface area (Å²) in [4.78, 5) is 0.907. The van der Waals surface area contributed by atoms with E-state index in [0.717, 1.165) is 4.90 Å². The van der Waals surface area contributed by atoms with Crippen LogP contribution >= 0.6 is 11.8 Å². The average molecular weight is 153 g/mol. The third-order valence-corrected chi connectivity index (χ3v) is 1.94. The topological polar surface area (TPSA) is 20.2 Å². The minimum atomic E-state index is 0.352. The Hall–Kier alpha value is -0.630. The molecule has 0 amide bonds. The number of thioether (sulfide) groups is 1. The molecule has 1 N–H and O–H groups in total. The molecule has 1 rings (SSSR count). The van der Waals surface area contributed by atoms with Gasteiger partial charge in [-0.15, -0.1) is 11.8 Å². The van der Waals surface area contributed by atoms with Crippen molar-refractivity contribution < 1.29 is 5.11 Å². The second-order valence-corrected chi connectivity index (χ2v) is 2.97. The molecule has 0 aliphatic carbocycles. The number of hydrogen-bond donors (Lipinski definition) is 1.